The summed E-state index contributed by atoms with van der Waals surface area (Å²) in [5, 5.41) is 21.4. The van der Waals surface area contributed by atoms with Gasteiger partial charge in [0.1, 0.15) is 12.6 Å². The van der Waals surface area contributed by atoms with Gasteiger partial charge in [-0.05, 0) is 35.1 Å². The fraction of sp³-hybridized carbons (Fsp3) is 0.444. The highest BCUT2D eigenvalue weighted by Crippen LogP contribution is 2.44. The van der Waals surface area contributed by atoms with E-state index < -0.39 is 30.4 Å². The molecule has 0 aromatic heterocycles. The molecular weight excluding hydrogens is 448 g/mol. The Kier molecular flexibility index (Phi) is 8.02. The Labute approximate surface area is 204 Å². The second-order valence-corrected chi connectivity index (χ2v) is 9.17. The third-order valence-electron chi connectivity index (χ3n) is 6.95. The number of carbonyl (C=O) groups is 3. The largest absolute Gasteiger partial charge is 0.481 e. The molecule has 1 fully saturated rings. The van der Waals surface area contributed by atoms with E-state index in [1.54, 1.807) is 0 Å². The first-order chi connectivity index (χ1) is 17.0. The summed E-state index contributed by atoms with van der Waals surface area (Å²) in [6, 6.07) is 14.6. The lowest BCUT2D eigenvalue weighted by Crippen LogP contribution is -2.53. The Bertz CT molecular complexity index is 1020. The predicted octanol–water partition coefficient (Wildman–Crippen LogP) is 3.52. The lowest BCUT2D eigenvalue weighted by molar-refractivity contribution is -0.144. The number of aliphatic hydroxyl groups excluding tert-OH is 1. The number of nitrogens with one attached hydrogen (secondary N) is 1. The second kappa shape index (κ2) is 11.4. The van der Waals surface area contributed by atoms with E-state index in [-0.39, 0.29) is 31.7 Å². The number of nitrogens with zero attached hydrogens (tertiary/aromatic N) is 1. The van der Waals surface area contributed by atoms with Gasteiger partial charge in [-0.15, -0.1) is 0 Å². The number of carbonyl (C=O) groups excluding carboxylic acids is 2. The Morgan fingerprint density at radius 1 is 0.971 bits per heavy atom. The van der Waals surface area contributed by atoms with Crippen molar-refractivity contribution in [1.82, 2.24) is 10.2 Å². The zero-order valence-electron chi connectivity index (χ0n) is 19.7. The van der Waals surface area contributed by atoms with Crippen LogP contribution < -0.4 is 5.32 Å². The zero-order chi connectivity index (χ0) is 24.8. The Morgan fingerprint density at radius 3 is 2.14 bits per heavy atom. The van der Waals surface area contributed by atoms with Crippen LogP contribution in [0.3, 0.4) is 0 Å². The first-order valence-electron chi connectivity index (χ1n) is 12.2. The number of amides is 2. The van der Waals surface area contributed by atoms with E-state index in [0.29, 0.717) is 0 Å². The number of aliphatic hydroxyl groups is 1. The third kappa shape index (κ3) is 5.65. The maximum Gasteiger partial charge on any atom is 0.407 e. The highest BCUT2D eigenvalue weighted by molar-refractivity contribution is 5.89. The molecular formula is C27H32N2O6. The van der Waals surface area contributed by atoms with Gasteiger partial charge in [0.2, 0.25) is 5.91 Å². The Morgan fingerprint density at radius 2 is 1.57 bits per heavy atom. The van der Waals surface area contributed by atoms with Gasteiger partial charge >= 0.3 is 12.1 Å². The Hall–Kier alpha value is -3.39. The van der Waals surface area contributed by atoms with Gasteiger partial charge in [0.15, 0.2) is 0 Å². The molecule has 8 heteroatoms. The summed E-state index contributed by atoms with van der Waals surface area (Å²) in [6.45, 7) is -0.0597. The van der Waals surface area contributed by atoms with E-state index >= 15 is 0 Å². The normalized spacial score (nSPS) is 16.1. The maximum absolute atomic E-state index is 13.3. The first-order valence-corrected chi connectivity index (χ1v) is 12.2. The third-order valence-corrected chi connectivity index (χ3v) is 6.95. The van der Waals surface area contributed by atoms with Gasteiger partial charge in [0.05, 0.1) is 13.0 Å². The molecule has 0 radical (unpaired) electrons. The molecule has 0 bridgehead atoms. The molecule has 4 rings (SSSR count). The minimum Gasteiger partial charge on any atom is -0.481 e. The fourth-order valence-electron chi connectivity index (χ4n) is 5.33. The number of fused-ring (bicyclic) bond motifs is 3. The summed E-state index contributed by atoms with van der Waals surface area (Å²) in [7, 11) is 0. The van der Waals surface area contributed by atoms with Gasteiger partial charge < -0.3 is 25.2 Å². The topological polar surface area (TPSA) is 116 Å². The summed E-state index contributed by atoms with van der Waals surface area (Å²) < 4.78 is 5.52. The summed E-state index contributed by atoms with van der Waals surface area (Å²) in [5.41, 5.74) is 4.32. The molecule has 3 N–H and O–H groups in total. The van der Waals surface area contributed by atoms with Crippen LogP contribution in [0, 0.1) is 0 Å². The number of benzene rings is 2. The first kappa shape index (κ1) is 24.7. The van der Waals surface area contributed by atoms with Gasteiger partial charge in [-0.3, -0.25) is 9.59 Å². The summed E-state index contributed by atoms with van der Waals surface area (Å²) in [4.78, 5) is 39.0. The number of aliphatic carboxylic acids is 1. The summed E-state index contributed by atoms with van der Waals surface area (Å²) in [5.74, 6) is -1.84. The maximum atomic E-state index is 13.3. The zero-order valence-corrected chi connectivity index (χ0v) is 19.7. The molecule has 0 aliphatic heterocycles. The van der Waals surface area contributed by atoms with Crippen LogP contribution >= 0.6 is 0 Å². The average Bonchev–Trinajstić information content (AvgIpc) is 3.19. The fourth-order valence-corrected chi connectivity index (χ4v) is 5.33. The van der Waals surface area contributed by atoms with Crippen LogP contribution in [0.5, 0.6) is 0 Å². The van der Waals surface area contributed by atoms with E-state index in [4.69, 9.17) is 4.74 Å². The second-order valence-electron chi connectivity index (χ2n) is 9.17. The van der Waals surface area contributed by atoms with Crippen molar-refractivity contribution in [3.8, 4) is 11.1 Å². The number of ether oxygens (including phenoxy) is 1. The van der Waals surface area contributed by atoms with Crippen LogP contribution in [0.1, 0.15) is 55.6 Å². The number of carboxylic acids is 1. The monoisotopic (exact) mass is 480 g/mol. The van der Waals surface area contributed by atoms with Gasteiger partial charge in [0, 0.05) is 18.5 Å². The molecule has 8 nitrogen and oxygen atoms in total. The molecule has 1 unspecified atom stereocenters. The van der Waals surface area contributed by atoms with Crippen molar-refractivity contribution >= 4 is 18.0 Å². The lowest BCUT2D eigenvalue weighted by atomic mass is 9.93. The molecule has 0 saturated heterocycles. The molecule has 1 saturated carbocycles. The SMILES string of the molecule is O=C(O)CC(NC(=O)OCC1c2ccccc2-c2ccccc21)C(=O)N(CCO)C1CCCCC1. The summed E-state index contributed by atoms with van der Waals surface area (Å²) in [6.07, 6.45) is 3.25. The minimum atomic E-state index is -1.27. The van der Waals surface area contributed by atoms with Gasteiger partial charge in [0.25, 0.3) is 0 Å². The number of hydrogen-bond donors (Lipinski definition) is 3. The molecule has 2 aromatic rings. The molecule has 2 aromatic carbocycles. The van der Waals surface area contributed by atoms with Crippen molar-refractivity contribution in [2.24, 2.45) is 0 Å². The molecule has 0 heterocycles. The van der Waals surface area contributed by atoms with E-state index in [9.17, 15) is 24.6 Å². The number of rotatable bonds is 9. The Balaban J connectivity index is 1.44. The molecule has 1 atom stereocenters. The lowest BCUT2D eigenvalue weighted by Gasteiger charge is -2.36. The molecule has 2 amide bonds. The van der Waals surface area contributed by atoms with Crippen LogP contribution in [0.4, 0.5) is 4.79 Å². The van der Waals surface area contributed by atoms with E-state index in [2.05, 4.69) is 5.32 Å². The minimum absolute atomic E-state index is 0.0657. The standard InChI is InChI=1S/C27H32N2O6/c30-15-14-29(18-8-2-1-3-9-18)26(33)24(16-25(31)32)28-27(34)35-17-23-21-12-6-4-10-19(21)20-11-5-7-13-22(20)23/h4-7,10-13,18,23-24,30H,1-3,8-9,14-17H2,(H,28,34)(H,31,32). The van der Waals surface area contributed by atoms with Crippen LogP contribution in [-0.2, 0) is 14.3 Å². The molecule has 2 aliphatic rings. The van der Waals surface area contributed by atoms with Crippen LogP contribution in [0.25, 0.3) is 11.1 Å². The molecule has 35 heavy (non-hydrogen) atoms. The van der Waals surface area contributed by atoms with Gasteiger partial charge in [-0.2, -0.15) is 0 Å². The molecule has 0 spiro atoms. The van der Waals surface area contributed by atoms with Crippen LogP contribution in [0.2, 0.25) is 0 Å². The van der Waals surface area contributed by atoms with Gasteiger partial charge in [-0.25, -0.2) is 4.79 Å². The highest BCUT2D eigenvalue weighted by Gasteiger charge is 2.34. The average molecular weight is 481 g/mol. The van der Waals surface area contributed by atoms with E-state index in [0.717, 1.165) is 54.4 Å². The van der Waals surface area contributed by atoms with E-state index in [1.165, 1.54) is 4.90 Å². The highest BCUT2D eigenvalue weighted by atomic mass is 16.5. The smallest absolute Gasteiger partial charge is 0.407 e. The van der Waals surface area contributed by atoms with Crippen LogP contribution in [0.15, 0.2) is 48.5 Å². The quantitative estimate of drug-likeness (QED) is 0.506. The number of alkyl carbamates (subject to hydrolysis) is 1. The van der Waals surface area contributed by atoms with Crippen LogP contribution in [-0.4, -0.2) is 64.9 Å². The van der Waals surface area contributed by atoms with Crippen molar-refractivity contribution in [1.29, 1.82) is 0 Å². The number of carboxylic acid groups (broad SMARTS) is 1. The number of hydrogen-bond acceptors (Lipinski definition) is 5. The molecule has 186 valence electrons. The van der Waals surface area contributed by atoms with Crippen molar-refractivity contribution in [2.45, 2.75) is 56.5 Å². The predicted molar refractivity (Wildman–Crippen MR) is 130 cm³/mol. The van der Waals surface area contributed by atoms with Gasteiger partial charge in [-0.1, -0.05) is 67.8 Å². The molecule has 2 aliphatic carbocycles. The summed E-state index contributed by atoms with van der Waals surface area (Å²) >= 11 is 0. The van der Waals surface area contributed by atoms with Crippen molar-refractivity contribution < 1.29 is 29.3 Å². The van der Waals surface area contributed by atoms with Crippen molar-refractivity contribution in [2.75, 3.05) is 19.8 Å². The van der Waals surface area contributed by atoms with Crippen molar-refractivity contribution in [3.05, 3.63) is 59.7 Å². The van der Waals surface area contributed by atoms with E-state index in [1.807, 2.05) is 48.5 Å². The van der Waals surface area contributed by atoms with Crippen molar-refractivity contribution in [3.63, 3.8) is 0 Å².